The number of rotatable bonds is 4. The van der Waals surface area contributed by atoms with Crippen LogP contribution in [0.3, 0.4) is 0 Å². The van der Waals surface area contributed by atoms with Gasteiger partial charge in [0.15, 0.2) is 11.5 Å². The second-order valence-corrected chi connectivity index (χ2v) is 3.47. The van der Waals surface area contributed by atoms with Crippen LogP contribution in [0, 0.1) is 0 Å². The highest BCUT2D eigenvalue weighted by Crippen LogP contribution is 2.31. The Morgan fingerprint density at radius 3 is 2.53 bits per heavy atom. The molecule has 1 heterocycles. The Bertz CT molecular complexity index is 513. The van der Waals surface area contributed by atoms with Gasteiger partial charge in [-0.2, -0.15) is 0 Å². The predicted octanol–water partition coefficient (Wildman–Crippen LogP) is 2.49. The van der Waals surface area contributed by atoms with Gasteiger partial charge < -0.3 is 13.9 Å². The Kier molecular flexibility index (Phi) is 3.49. The molecule has 0 N–H and O–H groups in total. The number of halogens is 1. The van der Waals surface area contributed by atoms with Gasteiger partial charge in [0.25, 0.3) is 0 Å². The fourth-order valence-corrected chi connectivity index (χ4v) is 1.50. The third kappa shape index (κ3) is 2.34. The van der Waals surface area contributed by atoms with Crippen LogP contribution >= 0.6 is 11.6 Å². The topological polar surface area (TPSA) is 57.4 Å². The molecule has 6 heteroatoms. The van der Waals surface area contributed by atoms with E-state index in [1.54, 1.807) is 26.4 Å². The van der Waals surface area contributed by atoms with Gasteiger partial charge in [-0.1, -0.05) is 0 Å². The van der Waals surface area contributed by atoms with Gasteiger partial charge >= 0.3 is 0 Å². The fourth-order valence-electron chi connectivity index (χ4n) is 1.39. The smallest absolute Gasteiger partial charge is 0.247 e. The molecule has 1 aromatic heterocycles. The highest BCUT2D eigenvalue weighted by atomic mass is 35.5. The van der Waals surface area contributed by atoms with Crippen LogP contribution in [0.25, 0.3) is 11.5 Å². The van der Waals surface area contributed by atoms with Gasteiger partial charge in [0.1, 0.15) is 5.88 Å². The monoisotopic (exact) mass is 254 g/mol. The molecule has 2 rings (SSSR count). The number of methoxy groups -OCH3 is 2. The molecule has 0 saturated heterocycles. The third-order valence-electron chi connectivity index (χ3n) is 2.21. The summed E-state index contributed by atoms with van der Waals surface area (Å²) in [6, 6.07) is 5.36. The van der Waals surface area contributed by atoms with Gasteiger partial charge in [-0.25, -0.2) is 0 Å². The van der Waals surface area contributed by atoms with E-state index in [-0.39, 0.29) is 5.88 Å². The molecule has 0 fully saturated rings. The molecule has 0 aliphatic heterocycles. The van der Waals surface area contributed by atoms with Gasteiger partial charge in [0.2, 0.25) is 11.8 Å². The van der Waals surface area contributed by atoms with E-state index in [1.165, 1.54) is 0 Å². The SMILES string of the molecule is COc1ccc(-c2nnc(CCl)o2)cc1OC. The molecule has 0 saturated carbocycles. The molecule has 0 bridgehead atoms. The molecule has 0 aliphatic rings. The molecule has 90 valence electrons. The van der Waals surface area contributed by atoms with E-state index in [0.717, 1.165) is 5.56 Å². The van der Waals surface area contributed by atoms with Crippen LogP contribution in [0.4, 0.5) is 0 Å². The van der Waals surface area contributed by atoms with Crippen molar-refractivity contribution in [3.05, 3.63) is 24.1 Å². The van der Waals surface area contributed by atoms with Crippen LogP contribution < -0.4 is 9.47 Å². The van der Waals surface area contributed by atoms with Crippen LogP contribution in [0.5, 0.6) is 11.5 Å². The lowest BCUT2D eigenvalue weighted by molar-refractivity contribution is 0.355. The summed E-state index contributed by atoms with van der Waals surface area (Å²) < 4.78 is 15.7. The zero-order valence-electron chi connectivity index (χ0n) is 9.44. The molecule has 0 radical (unpaired) electrons. The molecule has 5 nitrogen and oxygen atoms in total. The maximum absolute atomic E-state index is 5.59. The Morgan fingerprint density at radius 1 is 1.18 bits per heavy atom. The van der Waals surface area contributed by atoms with Crippen molar-refractivity contribution >= 4 is 11.6 Å². The molecule has 1 aromatic carbocycles. The Hall–Kier alpha value is -1.75. The molecular formula is C11H11ClN2O3. The number of nitrogens with zero attached hydrogens (tertiary/aromatic N) is 2. The van der Waals surface area contributed by atoms with Crippen LogP contribution in [0.1, 0.15) is 5.89 Å². The lowest BCUT2D eigenvalue weighted by Gasteiger charge is -2.07. The molecule has 2 aromatic rings. The summed E-state index contributed by atoms with van der Waals surface area (Å²) in [4.78, 5) is 0. The van der Waals surface area contributed by atoms with Gasteiger partial charge in [-0.05, 0) is 18.2 Å². The first-order valence-electron chi connectivity index (χ1n) is 4.89. The first kappa shape index (κ1) is 11.7. The maximum atomic E-state index is 5.59. The second-order valence-electron chi connectivity index (χ2n) is 3.20. The molecule has 17 heavy (non-hydrogen) atoms. The summed E-state index contributed by atoms with van der Waals surface area (Å²) >= 11 is 5.59. The number of ether oxygens (including phenoxy) is 2. The molecular weight excluding hydrogens is 244 g/mol. The summed E-state index contributed by atoms with van der Waals surface area (Å²) in [5.41, 5.74) is 0.756. The highest BCUT2D eigenvalue weighted by molar-refractivity contribution is 6.16. The predicted molar refractivity (Wildman–Crippen MR) is 62.4 cm³/mol. The summed E-state index contributed by atoms with van der Waals surface area (Å²) in [5.74, 6) is 2.24. The quantitative estimate of drug-likeness (QED) is 0.785. The van der Waals surface area contributed by atoms with E-state index < -0.39 is 0 Å². The van der Waals surface area contributed by atoms with Crippen molar-refractivity contribution in [3.63, 3.8) is 0 Å². The number of hydrogen-bond acceptors (Lipinski definition) is 5. The number of aromatic nitrogens is 2. The summed E-state index contributed by atoms with van der Waals surface area (Å²) in [6.45, 7) is 0. The average Bonchev–Trinajstić information content (AvgIpc) is 2.86. The second kappa shape index (κ2) is 5.05. The lowest BCUT2D eigenvalue weighted by atomic mass is 10.2. The van der Waals surface area contributed by atoms with E-state index in [4.69, 9.17) is 25.5 Å². The van der Waals surface area contributed by atoms with Crippen molar-refractivity contribution in [2.75, 3.05) is 14.2 Å². The van der Waals surface area contributed by atoms with Crippen LogP contribution in [0.15, 0.2) is 22.6 Å². The van der Waals surface area contributed by atoms with E-state index in [9.17, 15) is 0 Å². The number of hydrogen-bond donors (Lipinski definition) is 0. The summed E-state index contributed by atoms with van der Waals surface area (Å²) in [7, 11) is 3.15. The van der Waals surface area contributed by atoms with Crippen molar-refractivity contribution < 1.29 is 13.9 Å². The first-order valence-corrected chi connectivity index (χ1v) is 5.42. The van der Waals surface area contributed by atoms with Gasteiger partial charge in [-0.3, -0.25) is 0 Å². The van der Waals surface area contributed by atoms with Gasteiger partial charge in [-0.15, -0.1) is 21.8 Å². The van der Waals surface area contributed by atoms with Crippen LogP contribution in [0.2, 0.25) is 0 Å². The minimum Gasteiger partial charge on any atom is -0.493 e. The Labute approximate surface area is 103 Å². The van der Waals surface area contributed by atoms with E-state index >= 15 is 0 Å². The number of alkyl halides is 1. The van der Waals surface area contributed by atoms with Crippen molar-refractivity contribution in [2.45, 2.75) is 5.88 Å². The van der Waals surface area contributed by atoms with E-state index in [1.807, 2.05) is 6.07 Å². The maximum Gasteiger partial charge on any atom is 0.247 e. The zero-order chi connectivity index (χ0) is 12.3. The van der Waals surface area contributed by atoms with Crippen molar-refractivity contribution in [2.24, 2.45) is 0 Å². The molecule has 0 aliphatic carbocycles. The summed E-state index contributed by atoms with van der Waals surface area (Å²) in [5, 5.41) is 7.68. The minimum atomic E-state index is 0.195. The molecule has 0 unspecified atom stereocenters. The third-order valence-corrected chi connectivity index (χ3v) is 2.44. The minimum absolute atomic E-state index is 0.195. The highest BCUT2D eigenvalue weighted by Gasteiger charge is 2.11. The standard InChI is InChI=1S/C11H11ClN2O3/c1-15-8-4-3-7(5-9(8)16-2)11-14-13-10(6-12)17-11/h3-5H,6H2,1-2H3. The van der Waals surface area contributed by atoms with E-state index in [2.05, 4.69) is 10.2 Å². The van der Waals surface area contributed by atoms with Crippen molar-refractivity contribution in [3.8, 4) is 23.0 Å². The number of benzene rings is 1. The van der Waals surface area contributed by atoms with Crippen molar-refractivity contribution in [1.29, 1.82) is 0 Å². The fraction of sp³-hybridized carbons (Fsp3) is 0.273. The largest absolute Gasteiger partial charge is 0.493 e. The van der Waals surface area contributed by atoms with Gasteiger partial charge in [0.05, 0.1) is 14.2 Å². The summed E-state index contributed by atoms with van der Waals surface area (Å²) in [6.07, 6.45) is 0. The molecule has 0 atom stereocenters. The Morgan fingerprint density at radius 2 is 1.94 bits per heavy atom. The first-order chi connectivity index (χ1) is 8.28. The molecule has 0 amide bonds. The average molecular weight is 255 g/mol. The van der Waals surface area contributed by atoms with Crippen LogP contribution in [-0.2, 0) is 5.88 Å². The van der Waals surface area contributed by atoms with Crippen molar-refractivity contribution in [1.82, 2.24) is 10.2 Å². The normalized spacial score (nSPS) is 10.3. The van der Waals surface area contributed by atoms with Crippen LogP contribution in [-0.4, -0.2) is 24.4 Å². The Balaban J connectivity index is 2.38. The zero-order valence-corrected chi connectivity index (χ0v) is 10.2. The van der Waals surface area contributed by atoms with E-state index in [0.29, 0.717) is 23.3 Å². The van der Waals surface area contributed by atoms with Gasteiger partial charge in [0, 0.05) is 5.56 Å². The lowest BCUT2D eigenvalue weighted by Crippen LogP contribution is -1.90. The molecule has 0 spiro atoms.